The molecule has 1 N–H and O–H groups in total. The highest BCUT2D eigenvalue weighted by molar-refractivity contribution is 7.16. The van der Waals surface area contributed by atoms with Crippen LogP contribution in [0.25, 0.3) is 5.76 Å². The molecule has 31 heavy (non-hydrogen) atoms. The van der Waals surface area contributed by atoms with E-state index < -0.39 is 29.3 Å². The van der Waals surface area contributed by atoms with E-state index in [4.69, 9.17) is 4.74 Å². The summed E-state index contributed by atoms with van der Waals surface area (Å²) in [6.07, 6.45) is 1.53. The third kappa shape index (κ3) is 3.46. The molecule has 0 aliphatic carbocycles. The molecule has 1 aromatic carbocycles. The zero-order valence-electron chi connectivity index (χ0n) is 16.9. The number of methoxy groups -OCH3 is 1. The van der Waals surface area contributed by atoms with E-state index in [0.717, 1.165) is 16.6 Å². The van der Waals surface area contributed by atoms with Gasteiger partial charge in [-0.1, -0.05) is 6.07 Å². The number of rotatable bonds is 4. The first-order chi connectivity index (χ1) is 14.8. The summed E-state index contributed by atoms with van der Waals surface area (Å²) in [5.74, 6) is -2.94. The molecule has 4 rings (SSSR count). The van der Waals surface area contributed by atoms with Crippen LogP contribution >= 0.6 is 11.3 Å². The minimum Gasteiger partial charge on any atom is -0.507 e. The Morgan fingerprint density at radius 3 is 2.58 bits per heavy atom. The zero-order valence-corrected chi connectivity index (χ0v) is 17.7. The molecule has 0 radical (unpaired) electrons. The number of halogens is 1. The van der Waals surface area contributed by atoms with Crippen LogP contribution in [0.5, 0.6) is 5.75 Å². The summed E-state index contributed by atoms with van der Waals surface area (Å²) in [5.41, 5.74) is 0.976. The topological polar surface area (TPSA) is 92.6 Å². The molecule has 1 fully saturated rings. The SMILES string of the molecule is COc1ccc(C(O)=C2C(=O)C(=O)N(c3nc(C)c(C)s3)[C@@H]2c2ccccn2)cc1F. The first kappa shape index (κ1) is 20.7. The molecule has 1 aliphatic rings. The van der Waals surface area contributed by atoms with E-state index >= 15 is 0 Å². The van der Waals surface area contributed by atoms with E-state index in [2.05, 4.69) is 9.97 Å². The molecule has 1 atom stereocenters. The summed E-state index contributed by atoms with van der Waals surface area (Å²) in [4.78, 5) is 36.9. The number of pyridine rings is 1. The van der Waals surface area contributed by atoms with E-state index in [9.17, 15) is 19.1 Å². The fourth-order valence-electron chi connectivity index (χ4n) is 3.38. The number of amides is 1. The summed E-state index contributed by atoms with van der Waals surface area (Å²) in [6.45, 7) is 3.67. The molecule has 0 bridgehead atoms. The van der Waals surface area contributed by atoms with Gasteiger partial charge in [0, 0.05) is 16.6 Å². The minimum absolute atomic E-state index is 0.00740. The highest BCUT2D eigenvalue weighted by atomic mass is 32.1. The predicted molar refractivity (Wildman–Crippen MR) is 114 cm³/mol. The van der Waals surface area contributed by atoms with Crippen LogP contribution in [-0.2, 0) is 9.59 Å². The van der Waals surface area contributed by atoms with Crippen LogP contribution in [0.2, 0.25) is 0 Å². The monoisotopic (exact) mass is 439 g/mol. The summed E-state index contributed by atoms with van der Waals surface area (Å²) < 4.78 is 19.1. The molecule has 158 valence electrons. The number of benzene rings is 1. The van der Waals surface area contributed by atoms with Gasteiger partial charge < -0.3 is 9.84 Å². The number of ether oxygens (including phenoxy) is 1. The molecule has 1 aliphatic heterocycles. The maximum atomic E-state index is 14.2. The first-order valence-electron chi connectivity index (χ1n) is 9.33. The van der Waals surface area contributed by atoms with Gasteiger partial charge in [0.1, 0.15) is 11.8 Å². The molecule has 3 heterocycles. The van der Waals surface area contributed by atoms with Crippen molar-refractivity contribution in [1.29, 1.82) is 0 Å². The van der Waals surface area contributed by atoms with Gasteiger partial charge in [-0.25, -0.2) is 9.37 Å². The summed E-state index contributed by atoms with van der Waals surface area (Å²) >= 11 is 1.27. The van der Waals surface area contributed by atoms with E-state index in [1.54, 1.807) is 18.2 Å². The van der Waals surface area contributed by atoms with E-state index in [-0.39, 0.29) is 16.9 Å². The van der Waals surface area contributed by atoms with Gasteiger partial charge in [0.2, 0.25) is 0 Å². The molecular formula is C22H18FN3O4S. The lowest BCUT2D eigenvalue weighted by Crippen LogP contribution is -2.29. The van der Waals surface area contributed by atoms with Crippen LogP contribution in [0.1, 0.15) is 27.9 Å². The second-order valence-electron chi connectivity index (χ2n) is 6.91. The van der Waals surface area contributed by atoms with Crippen LogP contribution in [0, 0.1) is 19.7 Å². The molecular weight excluding hydrogens is 421 g/mol. The Kier molecular flexibility index (Phi) is 5.28. The zero-order chi connectivity index (χ0) is 22.3. The number of nitrogens with zero attached hydrogens (tertiary/aromatic N) is 3. The van der Waals surface area contributed by atoms with Gasteiger partial charge in [0.15, 0.2) is 16.7 Å². The lowest BCUT2D eigenvalue weighted by molar-refractivity contribution is -0.132. The van der Waals surface area contributed by atoms with E-state index in [0.29, 0.717) is 10.8 Å². The van der Waals surface area contributed by atoms with Crippen molar-refractivity contribution in [3.63, 3.8) is 0 Å². The van der Waals surface area contributed by atoms with Gasteiger partial charge in [-0.2, -0.15) is 0 Å². The van der Waals surface area contributed by atoms with Crippen LogP contribution in [0.3, 0.4) is 0 Å². The van der Waals surface area contributed by atoms with Crippen LogP contribution in [-0.4, -0.2) is 33.9 Å². The van der Waals surface area contributed by atoms with Crippen molar-refractivity contribution < 1.29 is 23.8 Å². The largest absolute Gasteiger partial charge is 0.507 e. The highest BCUT2D eigenvalue weighted by Crippen LogP contribution is 2.43. The second-order valence-corrected chi connectivity index (χ2v) is 8.09. The van der Waals surface area contributed by atoms with Crippen LogP contribution in [0.15, 0.2) is 48.2 Å². The number of hydrogen-bond donors (Lipinski definition) is 1. The Bertz CT molecular complexity index is 1200. The maximum Gasteiger partial charge on any atom is 0.301 e. The Morgan fingerprint density at radius 2 is 2.00 bits per heavy atom. The Morgan fingerprint density at radius 1 is 1.23 bits per heavy atom. The van der Waals surface area contributed by atoms with Crippen molar-refractivity contribution in [2.75, 3.05) is 12.0 Å². The average molecular weight is 439 g/mol. The average Bonchev–Trinajstić information content (AvgIpc) is 3.23. The number of ketones is 1. The third-order valence-corrected chi connectivity index (χ3v) is 6.13. The van der Waals surface area contributed by atoms with Crippen molar-refractivity contribution >= 4 is 33.9 Å². The van der Waals surface area contributed by atoms with Crippen molar-refractivity contribution in [3.05, 3.63) is 75.8 Å². The van der Waals surface area contributed by atoms with Crippen molar-refractivity contribution in [1.82, 2.24) is 9.97 Å². The van der Waals surface area contributed by atoms with Gasteiger partial charge >= 0.3 is 5.91 Å². The summed E-state index contributed by atoms with van der Waals surface area (Å²) in [6, 6.07) is 7.87. The fraction of sp³-hybridized carbons (Fsp3) is 0.182. The number of hydrogen-bond acceptors (Lipinski definition) is 7. The molecule has 3 aromatic rings. The molecule has 0 unspecified atom stereocenters. The van der Waals surface area contributed by atoms with Crippen LogP contribution in [0.4, 0.5) is 9.52 Å². The van der Waals surface area contributed by atoms with Crippen molar-refractivity contribution in [2.24, 2.45) is 0 Å². The fourth-order valence-corrected chi connectivity index (χ4v) is 4.31. The molecule has 7 nitrogen and oxygen atoms in total. The number of aryl methyl sites for hydroxylation is 2. The lowest BCUT2D eigenvalue weighted by atomic mass is 9.98. The second kappa shape index (κ2) is 7.92. The first-order valence-corrected chi connectivity index (χ1v) is 10.1. The number of anilines is 1. The molecule has 1 saturated heterocycles. The smallest absolute Gasteiger partial charge is 0.301 e. The highest BCUT2D eigenvalue weighted by Gasteiger charge is 2.48. The van der Waals surface area contributed by atoms with Gasteiger partial charge in [-0.05, 0) is 44.2 Å². The summed E-state index contributed by atoms with van der Waals surface area (Å²) in [7, 11) is 1.32. The van der Waals surface area contributed by atoms with Gasteiger partial charge in [0.05, 0.1) is 24.1 Å². The number of aliphatic hydroxyl groups excluding tert-OH is 1. The number of aliphatic hydroxyl groups is 1. The van der Waals surface area contributed by atoms with E-state index in [1.807, 2.05) is 13.8 Å². The van der Waals surface area contributed by atoms with Gasteiger partial charge in [0.25, 0.3) is 5.78 Å². The van der Waals surface area contributed by atoms with Crippen molar-refractivity contribution in [3.8, 4) is 5.75 Å². The number of thiazole rings is 1. The Labute approximate surface area is 181 Å². The standard InChI is InChI=1S/C22H18FN3O4S/c1-11-12(2)31-22(25-11)26-18(15-6-4-5-9-24-15)17(20(28)21(26)29)19(27)13-7-8-16(30-3)14(23)10-13/h4-10,18,27H,1-3H3/t18-/m1/s1. The van der Waals surface area contributed by atoms with Gasteiger partial charge in [-0.15, -0.1) is 11.3 Å². The normalized spacial score (nSPS) is 17.9. The number of aromatic nitrogens is 2. The molecule has 1 amide bonds. The number of carbonyl (C=O) groups excluding carboxylic acids is 2. The summed E-state index contributed by atoms with van der Waals surface area (Å²) in [5, 5.41) is 11.3. The minimum atomic E-state index is -1.00. The van der Waals surface area contributed by atoms with Gasteiger partial charge in [-0.3, -0.25) is 19.5 Å². The molecule has 2 aromatic heterocycles. The Balaban J connectivity index is 1.93. The third-order valence-electron chi connectivity index (χ3n) is 5.06. The maximum absolute atomic E-state index is 14.2. The van der Waals surface area contributed by atoms with Crippen LogP contribution < -0.4 is 9.64 Å². The molecule has 0 saturated carbocycles. The number of carbonyl (C=O) groups is 2. The molecule has 9 heteroatoms. The van der Waals surface area contributed by atoms with E-state index in [1.165, 1.54) is 41.7 Å². The lowest BCUT2D eigenvalue weighted by Gasteiger charge is -2.22. The number of Topliss-reactive ketones (excluding diaryl/α,β-unsaturated/α-hetero) is 1. The molecule has 0 spiro atoms. The quantitative estimate of drug-likeness (QED) is 0.376. The Hall–Kier alpha value is -3.59. The van der Waals surface area contributed by atoms with Crippen molar-refractivity contribution in [2.45, 2.75) is 19.9 Å². The predicted octanol–water partition coefficient (Wildman–Crippen LogP) is 3.93.